The molecule has 2 N–H and O–H groups in total. The Labute approximate surface area is 172 Å². The fourth-order valence-electron chi connectivity index (χ4n) is 4.27. The molecule has 7 heteroatoms. The Morgan fingerprint density at radius 3 is 2.45 bits per heavy atom. The van der Waals surface area contributed by atoms with Gasteiger partial charge < -0.3 is 10.2 Å². The van der Waals surface area contributed by atoms with Gasteiger partial charge in [0.15, 0.2) is 6.04 Å². The van der Waals surface area contributed by atoms with Crippen LogP contribution in [0.4, 0.5) is 5.69 Å². The number of sulfonamides is 1. The van der Waals surface area contributed by atoms with Crippen molar-refractivity contribution in [3.05, 3.63) is 59.7 Å². The highest BCUT2D eigenvalue weighted by Gasteiger charge is 2.34. The molecular formula is C22H28N3O3S+. The van der Waals surface area contributed by atoms with E-state index in [1.54, 1.807) is 24.3 Å². The van der Waals surface area contributed by atoms with Crippen LogP contribution < -0.4 is 10.2 Å². The van der Waals surface area contributed by atoms with Gasteiger partial charge >= 0.3 is 0 Å². The molecule has 0 spiro atoms. The molecular weight excluding hydrogens is 386 g/mol. The quantitative estimate of drug-likeness (QED) is 0.770. The number of hydrogen-bond acceptors (Lipinski definition) is 3. The van der Waals surface area contributed by atoms with Crippen LogP contribution in [0.2, 0.25) is 0 Å². The molecule has 2 aliphatic rings. The number of carbonyl (C=O) groups excluding carboxylic acids is 1. The third kappa shape index (κ3) is 4.22. The highest BCUT2D eigenvalue weighted by Crippen LogP contribution is 2.24. The zero-order valence-electron chi connectivity index (χ0n) is 16.7. The summed E-state index contributed by atoms with van der Waals surface area (Å²) in [7, 11) is -3.47. The summed E-state index contributed by atoms with van der Waals surface area (Å²) in [6.45, 7) is 3.99. The van der Waals surface area contributed by atoms with Crippen LogP contribution in [0, 0.1) is 0 Å². The molecule has 6 nitrogen and oxygen atoms in total. The molecule has 4 rings (SSSR count). The summed E-state index contributed by atoms with van der Waals surface area (Å²) in [5.41, 5.74) is 3.58. The van der Waals surface area contributed by atoms with E-state index >= 15 is 0 Å². The summed E-state index contributed by atoms with van der Waals surface area (Å²) in [6.07, 6.45) is 3.39. The Morgan fingerprint density at radius 1 is 1.03 bits per heavy atom. The minimum absolute atomic E-state index is 0.0164. The lowest BCUT2D eigenvalue weighted by Crippen LogP contribution is -3.19. The third-order valence-corrected chi connectivity index (χ3v) is 8.03. The Kier molecular flexibility index (Phi) is 5.72. The van der Waals surface area contributed by atoms with E-state index < -0.39 is 10.0 Å². The first-order valence-corrected chi connectivity index (χ1v) is 11.7. The zero-order valence-corrected chi connectivity index (χ0v) is 17.5. The van der Waals surface area contributed by atoms with E-state index in [9.17, 15) is 13.2 Å². The number of quaternary nitrogens is 1. The van der Waals surface area contributed by atoms with Gasteiger partial charge in [-0.15, -0.1) is 0 Å². The molecule has 0 radical (unpaired) electrons. The number of piperazine rings is 1. The Morgan fingerprint density at radius 2 is 1.72 bits per heavy atom. The van der Waals surface area contributed by atoms with E-state index in [2.05, 4.69) is 17.4 Å². The molecule has 1 heterocycles. The van der Waals surface area contributed by atoms with Gasteiger partial charge in [-0.2, -0.15) is 4.31 Å². The van der Waals surface area contributed by atoms with Crippen LogP contribution in [0.15, 0.2) is 53.4 Å². The van der Waals surface area contributed by atoms with Crippen molar-refractivity contribution in [2.45, 2.75) is 37.1 Å². The van der Waals surface area contributed by atoms with Crippen LogP contribution in [-0.4, -0.2) is 50.9 Å². The summed E-state index contributed by atoms with van der Waals surface area (Å²) in [4.78, 5) is 14.2. The van der Waals surface area contributed by atoms with E-state index in [1.807, 2.05) is 19.1 Å². The Balaban J connectivity index is 1.35. The molecule has 1 fully saturated rings. The number of aryl methyl sites for hydroxylation is 2. The molecule has 0 unspecified atom stereocenters. The summed E-state index contributed by atoms with van der Waals surface area (Å²) in [5.74, 6) is -0.0164. The lowest BCUT2D eigenvalue weighted by Gasteiger charge is -2.34. The van der Waals surface area contributed by atoms with Crippen LogP contribution in [0.5, 0.6) is 0 Å². The second-order valence-corrected chi connectivity index (χ2v) is 9.86. The molecule has 1 aliphatic carbocycles. The van der Waals surface area contributed by atoms with Crippen molar-refractivity contribution in [1.29, 1.82) is 0 Å². The van der Waals surface area contributed by atoms with E-state index in [-0.39, 0.29) is 11.9 Å². The first-order chi connectivity index (χ1) is 13.9. The van der Waals surface area contributed by atoms with E-state index in [4.69, 9.17) is 0 Å². The number of amides is 1. The topological polar surface area (TPSA) is 70.9 Å². The molecule has 0 saturated carbocycles. The molecule has 29 heavy (non-hydrogen) atoms. The van der Waals surface area contributed by atoms with Crippen molar-refractivity contribution in [3.63, 3.8) is 0 Å². The summed E-state index contributed by atoms with van der Waals surface area (Å²) in [5, 5.41) is 3.04. The minimum Gasteiger partial charge on any atom is -0.323 e. The van der Waals surface area contributed by atoms with Crippen LogP contribution in [0.1, 0.15) is 24.5 Å². The van der Waals surface area contributed by atoms with Crippen molar-refractivity contribution in [2.75, 3.05) is 31.5 Å². The largest absolute Gasteiger partial charge is 0.323 e. The smallest absolute Gasteiger partial charge is 0.282 e. The van der Waals surface area contributed by atoms with Gasteiger partial charge in [-0.25, -0.2) is 8.42 Å². The van der Waals surface area contributed by atoms with Gasteiger partial charge in [-0.3, -0.25) is 4.79 Å². The summed E-state index contributed by atoms with van der Waals surface area (Å²) in [6, 6.07) is 14.5. The number of fused-ring (bicyclic) bond motifs is 1. The average Bonchev–Trinajstić information content (AvgIpc) is 3.22. The highest BCUT2D eigenvalue weighted by molar-refractivity contribution is 7.89. The van der Waals surface area contributed by atoms with Crippen LogP contribution in [0.25, 0.3) is 0 Å². The monoisotopic (exact) mass is 414 g/mol. The minimum atomic E-state index is -3.47. The fraction of sp³-hybridized carbons (Fsp3) is 0.409. The van der Waals surface area contributed by atoms with Gasteiger partial charge in [0.1, 0.15) is 0 Å². The predicted molar refractivity (Wildman–Crippen MR) is 112 cm³/mol. The van der Waals surface area contributed by atoms with Gasteiger partial charge in [0.05, 0.1) is 31.1 Å². The second-order valence-electron chi connectivity index (χ2n) is 7.92. The predicted octanol–water partition coefficient (Wildman–Crippen LogP) is 1.09. The van der Waals surface area contributed by atoms with Crippen molar-refractivity contribution in [3.8, 4) is 0 Å². The molecule has 2 aromatic carbocycles. The standard InChI is InChI=1S/C22H27N3O3S/c1-17(22(26)23-20-11-10-18-6-5-7-19(18)16-20)24-12-14-25(15-13-24)29(27,28)21-8-3-2-4-9-21/h2-4,8-11,16-17H,5-7,12-15H2,1H3,(H,23,26)/p+1/t17-/m0/s1. The Bertz CT molecular complexity index is 984. The van der Waals surface area contributed by atoms with Crippen LogP contribution in [0.3, 0.4) is 0 Å². The van der Waals surface area contributed by atoms with Crippen LogP contribution in [-0.2, 0) is 27.7 Å². The molecule has 1 atom stereocenters. The van der Waals surface area contributed by atoms with E-state index in [0.29, 0.717) is 31.1 Å². The maximum absolute atomic E-state index is 12.8. The highest BCUT2D eigenvalue weighted by atomic mass is 32.2. The molecule has 154 valence electrons. The van der Waals surface area contributed by atoms with Gasteiger partial charge in [-0.05, 0) is 61.6 Å². The first kappa shape index (κ1) is 20.1. The van der Waals surface area contributed by atoms with Gasteiger partial charge in [-0.1, -0.05) is 24.3 Å². The molecule has 1 amide bonds. The number of anilines is 1. The first-order valence-electron chi connectivity index (χ1n) is 10.3. The van der Waals surface area contributed by atoms with Crippen molar-refractivity contribution >= 4 is 21.6 Å². The number of rotatable bonds is 5. The SMILES string of the molecule is C[C@@H](C(=O)Nc1ccc2c(c1)CCC2)[NH+]1CCN(S(=O)(=O)c2ccccc2)CC1. The number of nitrogens with one attached hydrogen (secondary N) is 2. The third-order valence-electron chi connectivity index (χ3n) is 6.12. The zero-order chi connectivity index (χ0) is 20.4. The van der Waals surface area contributed by atoms with Gasteiger partial charge in [0, 0.05) is 5.69 Å². The maximum Gasteiger partial charge on any atom is 0.282 e. The molecule has 0 bridgehead atoms. The summed E-state index contributed by atoms with van der Waals surface area (Å²) < 4.78 is 27.1. The molecule has 2 aromatic rings. The van der Waals surface area contributed by atoms with Crippen molar-refractivity contribution in [2.24, 2.45) is 0 Å². The summed E-state index contributed by atoms with van der Waals surface area (Å²) >= 11 is 0. The number of hydrogen-bond donors (Lipinski definition) is 2. The van der Waals surface area contributed by atoms with E-state index in [1.165, 1.54) is 21.9 Å². The lowest BCUT2D eigenvalue weighted by atomic mass is 10.1. The molecule has 0 aromatic heterocycles. The van der Waals surface area contributed by atoms with E-state index in [0.717, 1.165) is 23.4 Å². The fourth-order valence-corrected chi connectivity index (χ4v) is 5.74. The lowest BCUT2D eigenvalue weighted by molar-refractivity contribution is -0.917. The van der Waals surface area contributed by atoms with Crippen molar-refractivity contribution < 1.29 is 18.1 Å². The number of carbonyl (C=O) groups is 1. The van der Waals surface area contributed by atoms with Gasteiger partial charge in [0.25, 0.3) is 5.91 Å². The molecule has 1 saturated heterocycles. The van der Waals surface area contributed by atoms with Crippen LogP contribution >= 0.6 is 0 Å². The maximum atomic E-state index is 12.8. The van der Waals surface area contributed by atoms with Crippen molar-refractivity contribution in [1.82, 2.24) is 4.31 Å². The average molecular weight is 415 g/mol. The number of nitrogens with zero attached hydrogens (tertiary/aromatic N) is 1. The second kappa shape index (κ2) is 8.26. The Hall–Kier alpha value is -2.22. The number of benzene rings is 2. The normalized spacial score (nSPS) is 18.9. The molecule has 1 aliphatic heterocycles. The van der Waals surface area contributed by atoms with Gasteiger partial charge in [0.2, 0.25) is 10.0 Å².